The van der Waals surface area contributed by atoms with Crippen LogP contribution >= 0.6 is 0 Å². The summed E-state index contributed by atoms with van der Waals surface area (Å²) in [6.45, 7) is 3.88. The summed E-state index contributed by atoms with van der Waals surface area (Å²) in [4.78, 5) is 24.4. The SMILES string of the molecule is Cc1ccc(NC(=O)COc2cccc(/C=N/NC(=O)c3cc4ccccc4o3)c2)cc1C. The number of fused-ring (bicyclic) bond motifs is 1. The van der Waals surface area contributed by atoms with Gasteiger partial charge in [-0.25, -0.2) is 5.43 Å². The van der Waals surface area contributed by atoms with E-state index >= 15 is 0 Å². The lowest BCUT2D eigenvalue weighted by Crippen LogP contribution is -2.20. The third-order valence-corrected chi connectivity index (χ3v) is 5.05. The quantitative estimate of drug-likeness (QED) is 0.317. The molecule has 7 nitrogen and oxygen atoms in total. The lowest BCUT2D eigenvalue weighted by Gasteiger charge is -2.09. The van der Waals surface area contributed by atoms with Gasteiger partial charge in [-0.3, -0.25) is 9.59 Å². The number of carbonyl (C=O) groups is 2. The number of hydrazone groups is 1. The number of benzene rings is 3. The molecule has 0 atom stereocenters. The monoisotopic (exact) mass is 441 g/mol. The average molecular weight is 441 g/mol. The predicted molar refractivity (Wildman–Crippen MR) is 128 cm³/mol. The topological polar surface area (TPSA) is 92.9 Å². The van der Waals surface area contributed by atoms with Crippen LogP contribution in [0.25, 0.3) is 11.0 Å². The van der Waals surface area contributed by atoms with Crippen molar-refractivity contribution >= 4 is 34.7 Å². The van der Waals surface area contributed by atoms with Crippen LogP contribution in [0.3, 0.4) is 0 Å². The Hall–Kier alpha value is -4.39. The summed E-state index contributed by atoms with van der Waals surface area (Å²) in [5.41, 5.74) is 6.78. The van der Waals surface area contributed by atoms with E-state index in [1.165, 1.54) is 6.21 Å². The van der Waals surface area contributed by atoms with Gasteiger partial charge in [0.1, 0.15) is 11.3 Å². The molecule has 0 bridgehead atoms. The molecule has 7 heteroatoms. The number of aryl methyl sites for hydroxylation is 2. The Morgan fingerprint density at radius 3 is 2.64 bits per heavy atom. The number of anilines is 1. The molecule has 2 amide bonds. The maximum atomic E-state index is 12.3. The summed E-state index contributed by atoms with van der Waals surface area (Å²) in [7, 11) is 0. The Bertz CT molecular complexity index is 1310. The van der Waals surface area contributed by atoms with Gasteiger partial charge in [-0.2, -0.15) is 5.10 Å². The number of nitrogens with zero attached hydrogens (tertiary/aromatic N) is 1. The van der Waals surface area contributed by atoms with Crippen molar-refractivity contribution in [3.63, 3.8) is 0 Å². The third-order valence-electron chi connectivity index (χ3n) is 5.05. The van der Waals surface area contributed by atoms with E-state index in [4.69, 9.17) is 9.15 Å². The maximum Gasteiger partial charge on any atom is 0.307 e. The molecular weight excluding hydrogens is 418 g/mol. The van der Waals surface area contributed by atoms with E-state index in [1.54, 1.807) is 36.4 Å². The van der Waals surface area contributed by atoms with Gasteiger partial charge in [-0.05, 0) is 66.9 Å². The first-order valence-corrected chi connectivity index (χ1v) is 10.4. The van der Waals surface area contributed by atoms with Crippen molar-refractivity contribution in [3.8, 4) is 5.75 Å². The fraction of sp³-hybridized carbons (Fsp3) is 0.115. The normalized spacial score (nSPS) is 11.0. The first kappa shape index (κ1) is 21.8. The largest absolute Gasteiger partial charge is 0.484 e. The van der Waals surface area contributed by atoms with Crippen LogP contribution in [0.15, 0.2) is 82.3 Å². The van der Waals surface area contributed by atoms with Crippen LogP contribution in [0.2, 0.25) is 0 Å². The second kappa shape index (κ2) is 9.82. The Morgan fingerprint density at radius 1 is 0.970 bits per heavy atom. The van der Waals surface area contributed by atoms with Crippen LogP contribution in [0.4, 0.5) is 5.69 Å². The van der Waals surface area contributed by atoms with Crippen molar-refractivity contribution < 1.29 is 18.7 Å². The molecule has 166 valence electrons. The summed E-state index contributed by atoms with van der Waals surface area (Å²) >= 11 is 0. The number of para-hydroxylation sites is 1. The molecule has 0 aliphatic heterocycles. The molecule has 0 aliphatic rings. The zero-order valence-electron chi connectivity index (χ0n) is 18.3. The first-order chi connectivity index (χ1) is 16.0. The molecule has 1 heterocycles. The van der Waals surface area contributed by atoms with Gasteiger partial charge < -0.3 is 14.5 Å². The van der Waals surface area contributed by atoms with E-state index in [0.717, 1.165) is 22.2 Å². The molecule has 2 N–H and O–H groups in total. The highest BCUT2D eigenvalue weighted by molar-refractivity contribution is 5.96. The van der Waals surface area contributed by atoms with E-state index in [2.05, 4.69) is 15.8 Å². The molecule has 0 fully saturated rings. The fourth-order valence-electron chi connectivity index (χ4n) is 3.16. The molecule has 33 heavy (non-hydrogen) atoms. The predicted octanol–water partition coefficient (Wildman–Crippen LogP) is 4.83. The van der Waals surface area contributed by atoms with Gasteiger partial charge in [0.15, 0.2) is 12.4 Å². The van der Waals surface area contributed by atoms with Gasteiger partial charge in [-0.15, -0.1) is 0 Å². The molecule has 0 unspecified atom stereocenters. The summed E-state index contributed by atoms with van der Waals surface area (Å²) in [5.74, 6) is -0.00805. The number of hydrogen-bond donors (Lipinski definition) is 2. The average Bonchev–Trinajstić information content (AvgIpc) is 3.25. The highest BCUT2D eigenvalue weighted by atomic mass is 16.5. The molecule has 0 saturated heterocycles. The van der Waals surface area contributed by atoms with Crippen LogP contribution in [0, 0.1) is 13.8 Å². The van der Waals surface area contributed by atoms with E-state index in [0.29, 0.717) is 16.9 Å². The van der Waals surface area contributed by atoms with Gasteiger partial charge in [0.25, 0.3) is 5.91 Å². The number of carbonyl (C=O) groups excluding carboxylic acids is 2. The molecule has 4 rings (SSSR count). The van der Waals surface area contributed by atoms with Crippen LogP contribution in [0.5, 0.6) is 5.75 Å². The molecule has 0 radical (unpaired) electrons. The highest BCUT2D eigenvalue weighted by Gasteiger charge is 2.11. The molecule has 0 aliphatic carbocycles. The third kappa shape index (κ3) is 5.65. The van der Waals surface area contributed by atoms with Crippen molar-refractivity contribution in [3.05, 3.63) is 95.2 Å². The van der Waals surface area contributed by atoms with Crippen LogP contribution in [-0.4, -0.2) is 24.6 Å². The van der Waals surface area contributed by atoms with E-state index in [-0.39, 0.29) is 18.3 Å². The number of furan rings is 1. The van der Waals surface area contributed by atoms with Crippen molar-refractivity contribution in [1.82, 2.24) is 5.43 Å². The number of ether oxygens (including phenoxy) is 1. The molecule has 0 saturated carbocycles. The number of rotatable bonds is 7. The molecular formula is C26H23N3O4. The summed E-state index contributed by atoms with van der Waals surface area (Å²) in [6, 6.07) is 21.8. The van der Waals surface area contributed by atoms with Crippen LogP contribution in [0.1, 0.15) is 27.2 Å². The Labute approximate surface area is 191 Å². The van der Waals surface area contributed by atoms with Crippen molar-refractivity contribution in [2.75, 3.05) is 11.9 Å². The Morgan fingerprint density at radius 2 is 1.82 bits per heavy atom. The van der Waals surface area contributed by atoms with Crippen LogP contribution < -0.4 is 15.5 Å². The van der Waals surface area contributed by atoms with E-state index in [1.807, 2.05) is 50.2 Å². The van der Waals surface area contributed by atoms with E-state index < -0.39 is 5.91 Å². The van der Waals surface area contributed by atoms with Gasteiger partial charge in [0.05, 0.1) is 6.21 Å². The molecule has 0 spiro atoms. The standard InChI is InChI=1S/C26H23N3O4/c1-17-10-11-21(12-18(17)2)28-25(30)16-32-22-8-5-6-19(13-22)15-27-29-26(31)24-14-20-7-3-4-9-23(20)33-24/h3-15H,16H2,1-2H3,(H,28,30)(H,29,31)/b27-15+. The number of hydrogen-bond acceptors (Lipinski definition) is 5. The lowest BCUT2D eigenvalue weighted by atomic mass is 10.1. The first-order valence-electron chi connectivity index (χ1n) is 10.4. The second-order valence-electron chi connectivity index (χ2n) is 7.56. The Kier molecular flexibility index (Phi) is 6.50. The zero-order valence-corrected chi connectivity index (χ0v) is 18.3. The van der Waals surface area contributed by atoms with Crippen molar-refractivity contribution in [1.29, 1.82) is 0 Å². The van der Waals surface area contributed by atoms with Gasteiger partial charge in [-0.1, -0.05) is 36.4 Å². The Balaban J connectivity index is 1.30. The minimum atomic E-state index is -0.446. The summed E-state index contributed by atoms with van der Waals surface area (Å²) in [5, 5.41) is 7.64. The second-order valence-corrected chi connectivity index (χ2v) is 7.56. The maximum absolute atomic E-state index is 12.3. The smallest absolute Gasteiger partial charge is 0.307 e. The zero-order chi connectivity index (χ0) is 23.2. The minimum Gasteiger partial charge on any atom is -0.484 e. The fourth-order valence-corrected chi connectivity index (χ4v) is 3.16. The summed E-state index contributed by atoms with van der Waals surface area (Å²) < 4.78 is 11.1. The molecule has 4 aromatic rings. The van der Waals surface area contributed by atoms with Crippen molar-refractivity contribution in [2.24, 2.45) is 5.10 Å². The number of nitrogens with one attached hydrogen (secondary N) is 2. The van der Waals surface area contributed by atoms with Gasteiger partial charge in [0, 0.05) is 11.1 Å². The summed E-state index contributed by atoms with van der Waals surface area (Å²) in [6.07, 6.45) is 1.49. The molecule has 1 aromatic heterocycles. The minimum absolute atomic E-state index is 0.129. The van der Waals surface area contributed by atoms with Gasteiger partial charge in [0.2, 0.25) is 0 Å². The molecule has 3 aromatic carbocycles. The lowest BCUT2D eigenvalue weighted by molar-refractivity contribution is -0.118. The van der Waals surface area contributed by atoms with Crippen LogP contribution in [-0.2, 0) is 4.79 Å². The number of amides is 2. The van der Waals surface area contributed by atoms with E-state index in [9.17, 15) is 9.59 Å². The van der Waals surface area contributed by atoms with Gasteiger partial charge >= 0.3 is 5.91 Å². The van der Waals surface area contributed by atoms with Crippen molar-refractivity contribution in [2.45, 2.75) is 13.8 Å². The highest BCUT2D eigenvalue weighted by Crippen LogP contribution is 2.19.